The summed E-state index contributed by atoms with van der Waals surface area (Å²) in [7, 11) is 0. The molecule has 0 saturated carbocycles. The third-order valence-electron chi connectivity index (χ3n) is 5.35. The molecule has 22 heavy (non-hydrogen) atoms. The highest BCUT2D eigenvalue weighted by atomic mass is 15.3. The van der Waals surface area contributed by atoms with E-state index in [4.69, 9.17) is 4.99 Å². The lowest BCUT2D eigenvalue weighted by atomic mass is 9.96. The summed E-state index contributed by atoms with van der Waals surface area (Å²) in [6.45, 7) is 4.73. The Kier molecular flexibility index (Phi) is 2.74. The van der Waals surface area contributed by atoms with Crippen LogP contribution in [0.25, 0.3) is 6.08 Å². The molecular weight excluding hydrogens is 272 g/mol. The number of aliphatic imine (C=N–C) groups is 1. The fourth-order valence-corrected chi connectivity index (χ4v) is 4.14. The number of amidine groups is 1. The zero-order chi connectivity index (χ0) is 14.5. The van der Waals surface area contributed by atoms with E-state index in [1.807, 2.05) is 12.3 Å². The summed E-state index contributed by atoms with van der Waals surface area (Å²) >= 11 is 0. The molecule has 1 aromatic heterocycles. The van der Waals surface area contributed by atoms with Crippen LogP contribution >= 0.6 is 0 Å². The molecule has 0 aromatic carbocycles. The second-order valence-electron chi connectivity index (χ2n) is 6.66. The molecule has 1 aliphatic carbocycles. The topological polar surface area (TPSA) is 31.7 Å². The van der Waals surface area contributed by atoms with Crippen molar-refractivity contribution in [2.24, 2.45) is 4.99 Å². The fraction of sp³-hybridized carbons (Fsp3) is 0.444. The molecule has 112 valence electrons. The molecule has 0 N–H and O–H groups in total. The largest absolute Gasteiger partial charge is 0.354 e. The van der Waals surface area contributed by atoms with E-state index in [9.17, 15) is 0 Å². The third-order valence-corrected chi connectivity index (χ3v) is 5.35. The van der Waals surface area contributed by atoms with Gasteiger partial charge in [0.2, 0.25) is 0 Å². The van der Waals surface area contributed by atoms with E-state index >= 15 is 0 Å². The van der Waals surface area contributed by atoms with Gasteiger partial charge in [-0.3, -0.25) is 9.88 Å². The Labute approximate surface area is 130 Å². The first-order chi connectivity index (χ1) is 10.9. The SMILES string of the molecule is C1=C2Cc3ncccc3C=C2N=C1N1CCN2CCCC2C1. The average molecular weight is 292 g/mol. The highest BCUT2D eigenvalue weighted by molar-refractivity contribution is 5.99. The molecule has 4 aliphatic rings. The monoisotopic (exact) mass is 292 g/mol. The van der Waals surface area contributed by atoms with Crippen LogP contribution in [0.4, 0.5) is 0 Å². The van der Waals surface area contributed by atoms with Gasteiger partial charge in [-0.25, -0.2) is 4.99 Å². The number of rotatable bonds is 0. The molecular formula is C18H20N4. The number of hydrogen-bond donors (Lipinski definition) is 0. The maximum absolute atomic E-state index is 4.91. The van der Waals surface area contributed by atoms with Gasteiger partial charge in [0, 0.05) is 38.3 Å². The molecule has 4 heteroatoms. The van der Waals surface area contributed by atoms with Crippen LogP contribution in [0.15, 0.2) is 40.7 Å². The van der Waals surface area contributed by atoms with E-state index in [-0.39, 0.29) is 0 Å². The summed E-state index contributed by atoms with van der Waals surface area (Å²) in [6, 6.07) is 4.88. The maximum Gasteiger partial charge on any atom is 0.129 e. The molecule has 0 radical (unpaired) electrons. The van der Waals surface area contributed by atoms with Crippen LogP contribution in [0, 0.1) is 0 Å². The molecule has 0 spiro atoms. The molecule has 1 atom stereocenters. The van der Waals surface area contributed by atoms with E-state index in [2.05, 4.69) is 33.0 Å². The van der Waals surface area contributed by atoms with Crippen molar-refractivity contribution >= 4 is 11.9 Å². The van der Waals surface area contributed by atoms with Crippen molar-refractivity contribution in [3.8, 4) is 0 Å². The number of allylic oxidation sites excluding steroid dienone is 1. The molecule has 2 fully saturated rings. The summed E-state index contributed by atoms with van der Waals surface area (Å²) < 4.78 is 0. The van der Waals surface area contributed by atoms with Crippen molar-refractivity contribution in [3.05, 3.63) is 46.9 Å². The summed E-state index contributed by atoms with van der Waals surface area (Å²) in [5.41, 5.74) is 4.87. The quantitative estimate of drug-likeness (QED) is 0.734. The first kappa shape index (κ1) is 12.6. The van der Waals surface area contributed by atoms with Gasteiger partial charge in [-0.15, -0.1) is 0 Å². The number of fused-ring (bicyclic) bond motifs is 3. The van der Waals surface area contributed by atoms with E-state index in [1.54, 1.807) is 0 Å². The Bertz CT molecular complexity index is 716. The predicted octanol–water partition coefficient (Wildman–Crippen LogP) is 2.10. The van der Waals surface area contributed by atoms with Gasteiger partial charge in [-0.2, -0.15) is 0 Å². The zero-order valence-corrected chi connectivity index (χ0v) is 12.7. The van der Waals surface area contributed by atoms with Crippen LogP contribution in [0.2, 0.25) is 0 Å². The van der Waals surface area contributed by atoms with Crippen LogP contribution in [0.5, 0.6) is 0 Å². The van der Waals surface area contributed by atoms with Gasteiger partial charge >= 0.3 is 0 Å². The van der Waals surface area contributed by atoms with Crippen LogP contribution in [0.3, 0.4) is 0 Å². The Morgan fingerprint density at radius 2 is 2.14 bits per heavy atom. The number of hydrogen-bond acceptors (Lipinski definition) is 4. The van der Waals surface area contributed by atoms with Gasteiger partial charge in [0.1, 0.15) is 5.84 Å². The number of pyridine rings is 1. The highest BCUT2D eigenvalue weighted by Crippen LogP contribution is 2.32. The first-order valence-electron chi connectivity index (χ1n) is 8.31. The van der Waals surface area contributed by atoms with E-state index in [0.29, 0.717) is 0 Å². The molecule has 1 aromatic rings. The average Bonchev–Trinajstić information content (AvgIpc) is 3.17. The number of nitrogens with zero attached hydrogens (tertiary/aromatic N) is 4. The molecule has 0 bridgehead atoms. The summed E-state index contributed by atoms with van der Waals surface area (Å²) in [6.07, 6.45) is 9.98. The molecule has 0 amide bonds. The summed E-state index contributed by atoms with van der Waals surface area (Å²) in [4.78, 5) is 14.5. The van der Waals surface area contributed by atoms with Crippen molar-refractivity contribution in [2.75, 3.05) is 26.2 Å². The van der Waals surface area contributed by atoms with Crippen LogP contribution in [0.1, 0.15) is 24.1 Å². The standard InChI is InChI=1S/C18H20N4/c1-3-13-9-17-14(10-16(13)19-5-1)11-18(20-17)22-8-7-21-6-2-4-15(21)12-22/h1,3,5,9,11,15H,2,4,6-8,10,12H2. The minimum Gasteiger partial charge on any atom is -0.354 e. The van der Waals surface area contributed by atoms with Crippen molar-refractivity contribution in [3.63, 3.8) is 0 Å². The first-order valence-corrected chi connectivity index (χ1v) is 8.31. The smallest absolute Gasteiger partial charge is 0.129 e. The predicted molar refractivity (Wildman–Crippen MR) is 87.6 cm³/mol. The Morgan fingerprint density at radius 1 is 1.14 bits per heavy atom. The molecule has 1 unspecified atom stereocenters. The Hall–Kier alpha value is -1.94. The molecule has 5 rings (SSSR count). The second kappa shape index (κ2) is 4.78. The van der Waals surface area contributed by atoms with Crippen LogP contribution in [-0.4, -0.2) is 52.8 Å². The minimum atomic E-state index is 0.741. The molecule has 2 saturated heterocycles. The fourth-order valence-electron chi connectivity index (χ4n) is 4.14. The maximum atomic E-state index is 4.91. The van der Waals surface area contributed by atoms with Gasteiger partial charge in [-0.1, -0.05) is 6.07 Å². The Balaban J connectivity index is 1.42. The number of aromatic nitrogens is 1. The zero-order valence-electron chi connectivity index (χ0n) is 12.7. The van der Waals surface area contributed by atoms with E-state index in [0.717, 1.165) is 31.2 Å². The van der Waals surface area contributed by atoms with Crippen LogP contribution in [-0.2, 0) is 6.42 Å². The van der Waals surface area contributed by atoms with Gasteiger partial charge in [0.25, 0.3) is 0 Å². The van der Waals surface area contributed by atoms with Crippen molar-refractivity contribution in [1.29, 1.82) is 0 Å². The van der Waals surface area contributed by atoms with Crippen LogP contribution < -0.4 is 0 Å². The van der Waals surface area contributed by atoms with Crippen molar-refractivity contribution < 1.29 is 0 Å². The molecule has 4 heterocycles. The van der Waals surface area contributed by atoms with E-state index in [1.165, 1.54) is 48.6 Å². The highest BCUT2D eigenvalue weighted by Gasteiger charge is 2.33. The Morgan fingerprint density at radius 3 is 3.14 bits per heavy atom. The van der Waals surface area contributed by atoms with E-state index < -0.39 is 0 Å². The van der Waals surface area contributed by atoms with Gasteiger partial charge in [0.15, 0.2) is 0 Å². The van der Waals surface area contributed by atoms with Crippen molar-refractivity contribution in [1.82, 2.24) is 14.8 Å². The summed E-state index contributed by atoms with van der Waals surface area (Å²) in [5.74, 6) is 1.17. The molecule has 3 aliphatic heterocycles. The van der Waals surface area contributed by atoms with Gasteiger partial charge in [0.05, 0.1) is 11.4 Å². The lowest BCUT2D eigenvalue weighted by Crippen LogP contribution is -2.51. The van der Waals surface area contributed by atoms with Gasteiger partial charge in [-0.05, 0) is 48.7 Å². The lowest BCUT2D eigenvalue weighted by molar-refractivity contribution is 0.152. The third kappa shape index (κ3) is 1.94. The summed E-state index contributed by atoms with van der Waals surface area (Å²) in [5, 5.41) is 0. The minimum absolute atomic E-state index is 0.741. The van der Waals surface area contributed by atoms with Gasteiger partial charge < -0.3 is 4.90 Å². The molecule has 4 nitrogen and oxygen atoms in total. The lowest BCUT2D eigenvalue weighted by Gasteiger charge is -2.38. The normalized spacial score (nSPS) is 26.8. The van der Waals surface area contributed by atoms with Crippen molar-refractivity contribution in [2.45, 2.75) is 25.3 Å². The number of piperazine rings is 1. The second-order valence-corrected chi connectivity index (χ2v) is 6.66.